The Morgan fingerprint density at radius 1 is 1.12 bits per heavy atom. The molecule has 0 spiro atoms. The summed E-state index contributed by atoms with van der Waals surface area (Å²) in [4.78, 5) is 28.1. The van der Waals surface area contributed by atoms with E-state index < -0.39 is 5.60 Å². The number of nitrogens with zero attached hydrogens (tertiary/aromatic N) is 2. The van der Waals surface area contributed by atoms with Crippen molar-refractivity contribution in [2.24, 2.45) is 0 Å². The number of hydrogen-bond donors (Lipinski definition) is 1. The molecule has 5 nitrogen and oxygen atoms in total. The zero-order valence-electron chi connectivity index (χ0n) is 14.7. The first-order chi connectivity index (χ1) is 11.2. The molecule has 2 aliphatic heterocycles. The third kappa shape index (κ3) is 2.93. The van der Waals surface area contributed by atoms with Gasteiger partial charge in [-0.25, -0.2) is 0 Å². The molecule has 2 heterocycles. The van der Waals surface area contributed by atoms with Crippen molar-refractivity contribution < 1.29 is 14.7 Å². The predicted octanol–water partition coefficient (Wildman–Crippen LogP) is 1.68. The van der Waals surface area contributed by atoms with Crippen molar-refractivity contribution in [3.8, 4) is 0 Å². The molecule has 0 bridgehead atoms. The van der Waals surface area contributed by atoms with Crippen LogP contribution in [-0.4, -0.2) is 52.0 Å². The number of benzene rings is 1. The van der Waals surface area contributed by atoms with Crippen molar-refractivity contribution in [3.63, 3.8) is 0 Å². The number of carbonyl (C=O) groups is 2. The third-order valence-corrected chi connectivity index (χ3v) is 5.30. The summed E-state index contributed by atoms with van der Waals surface area (Å²) in [7, 11) is 0. The number of amides is 2. The van der Waals surface area contributed by atoms with Crippen molar-refractivity contribution in [1.29, 1.82) is 0 Å². The summed E-state index contributed by atoms with van der Waals surface area (Å²) in [6.07, 6.45) is 1.06. The molecule has 1 unspecified atom stereocenters. The molecule has 0 saturated carbocycles. The number of carbonyl (C=O) groups excluding carboxylic acids is 2. The Kier molecular flexibility index (Phi) is 4.16. The second-order valence-electron chi connectivity index (χ2n) is 7.78. The Morgan fingerprint density at radius 2 is 1.83 bits per heavy atom. The summed E-state index contributed by atoms with van der Waals surface area (Å²) in [6, 6.07) is 8.17. The topological polar surface area (TPSA) is 60.9 Å². The normalized spacial score (nSPS) is 26.0. The van der Waals surface area contributed by atoms with Crippen molar-refractivity contribution >= 4 is 11.8 Å². The lowest BCUT2D eigenvalue weighted by atomic mass is 9.77. The smallest absolute Gasteiger partial charge is 0.256 e. The predicted molar refractivity (Wildman–Crippen MR) is 91.3 cm³/mol. The Hall–Kier alpha value is -1.88. The van der Waals surface area contributed by atoms with Gasteiger partial charge in [0.15, 0.2) is 5.60 Å². The van der Waals surface area contributed by atoms with Crippen LogP contribution in [0, 0.1) is 0 Å². The summed E-state index contributed by atoms with van der Waals surface area (Å²) in [5.74, 6) is -0.346. The number of hydrogen-bond acceptors (Lipinski definition) is 3. The minimum absolute atomic E-state index is 0.0924. The van der Waals surface area contributed by atoms with Gasteiger partial charge in [-0.05, 0) is 24.0 Å². The molecule has 1 atom stereocenters. The maximum absolute atomic E-state index is 13.1. The second-order valence-corrected chi connectivity index (χ2v) is 7.78. The number of likely N-dealkylation sites (tertiary alicyclic amines) is 1. The van der Waals surface area contributed by atoms with Gasteiger partial charge < -0.3 is 14.9 Å². The van der Waals surface area contributed by atoms with E-state index in [-0.39, 0.29) is 23.8 Å². The largest absolute Gasteiger partial charge is 0.378 e. The Bertz CT molecular complexity index is 670. The monoisotopic (exact) mass is 330 g/mol. The molecular weight excluding hydrogens is 304 g/mol. The van der Waals surface area contributed by atoms with Gasteiger partial charge in [0.2, 0.25) is 5.91 Å². The van der Waals surface area contributed by atoms with Crippen molar-refractivity contribution in [3.05, 3.63) is 35.4 Å². The molecule has 1 saturated heterocycles. The molecule has 2 aliphatic rings. The van der Waals surface area contributed by atoms with Gasteiger partial charge in [-0.15, -0.1) is 0 Å². The molecule has 1 N–H and O–H groups in total. The number of fused-ring (bicyclic) bond motifs is 1. The van der Waals surface area contributed by atoms with Gasteiger partial charge in [-0.2, -0.15) is 0 Å². The maximum Gasteiger partial charge on any atom is 0.256 e. The lowest BCUT2D eigenvalue weighted by Crippen LogP contribution is -2.60. The molecule has 130 valence electrons. The highest BCUT2D eigenvalue weighted by atomic mass is 16.3. The average molecular weight is 330 g/mol. The van der Waals surface area contributed by atoms with Gasteiger partial charge in [0, 0.05) is 32.0 Å². The fraction of sp³-hybridized carbons (Fsp3) is 0.579. The second kappa shape index (κ2) is 5.88. The van der Waals surface area contributed by atoms with E-state index in [1.807, 2.05) is 18.2 Å². The van der Waals surface area contributed by atoms with Gasteiger partial charge >= 0.3 is 0 Å². The number of β-amino-alcohol motifs (C(OH)–C–C–N with tert-alkyl or cyclic N) is 1. The highest BCUT2D eigenvalue weighted by molar-refractivity contribution is 5.87. The zero-order valence-corrected chi connectivity index (χ0v) is 14.7. The molecule has 1 aromatic carbocycles. The fourth-order valence-corrected chi connectivity index (χ4v) is 4.06. The van der Waals surface area contributed by atoms with Crippen molar-refractivity contribution in [2.45, 2.75) is 51.2 Å². The van der Waals surface area contributed by atoms with E-state index in [9.17, 15) is 14.7 Å². The van der Waals surface area contributed by atoms with Crippen LogP contribution in [0.5, 0.6) is 0 Å². The van der Waals surface area contributed by atoms with E-state index in [1.54, 1.807) is 9.80 Å². The highest BCUT2D eigenvalue weighted by Gasteiger charge is 2.45. The van der Waals surface area contributed by atoms with E-state index in [1.165, 1.54) is 12.5 Å². The molecule has 0 aromatic heterocycles. The standard InChI is InChI=1S/C19H26N2O3/c1-14(22)20-10-6-9-19(24,13-20)17(23)21-11-15-7-4-5-8-16(15)18(2,3)12-21/h4-5,7-8,24H,6,9-13H2,1-3H3. The average Bonchev–Trinajstić information content (AvgIpc) is 2.53. The van der Waals surface area contributed by atoms with Crippen molar-refractivity contribution in [2.75, 3.05) is 19.6 Å². The summed E-state index contributed by atoms with van der Waals surface area (Å²) in [5.41, 5.74) is 0.766. The summed E-state index contributed by atoms with van der Waals surface area (Å²) in [5, 5.41) is 10.9. The van der Waals surface area contributed by atoms with E-state index in [0.29, 0.717) is 32.5 Å². The molecule has 0 aliphatic carbocycles. The molecule has 2 amide bonds. The lowest BCUT2D eigenvalue weighted by Gasteiger charge is -2.45. The minimum atomic E-state index is -1.47. The molecule has 3 rings (SSSR count). The molecule has 1 fully saturated rings. The quantitative estimate of drug-likeness (QED) is 0.852. The van der Waals surface area contributed by atoms with Gasteiger partial charge in [-0.1, -0.05) is 38.1 Å². The van der Waals surface area contributed by atoms with E-state index in [2.05, 4.69) is 19.9 Å². The molecule has 5 heteroatoms. The number of piperidine rings is 1. The number of aliphatic hydroxyl groups is 1. The van der Waals surface area contributed by atoms with Crippen LogP contribution in [0.1, 0.15) is 44.7 Å². The molecule has 1 aromatic rings. The van der Waals surface area contributed by atoms with Crippen LogP contribution in [0.3, 0.4) is 0 Å². The highest BCUT2D eigenvalue weighted by Crippen LogP contribution is 2.35. The lowest BCUT2D eigenvalue weighted by molar-refractivity contribution is -0.161. The summed E-state index contributed by atoms with van der Waals surface area (Å²) >= 11 is 0. The molecule has 24 heavy (non-hydrogen) atoms. The number of rotatable bonds is 1. The summed E-state index contributed by atoms with van der Waals surface area (Å²) < 4.78 is 0. The van der Waals surface area contributed by atoms with Crippen LogP contribution in [0.25, 0.3) is 0 Å². The van der Waals surface area contributed by atoms with Crippen LogP contribution < -0.4 is 0 Å². The van der Waals surface area contributed by atoms with Crippen LogP contribution in [0.2, 0.25) is 0 Å². The third-order valence-electron chi connectivity index (χ3n) is 5.30. The molecule has 0 radical (unpaired) electrons. The first-order valence-electron chi connectivity index (χ1n) is 8.59. The van der Waals surface area contributed by atoms with E-state index in [0.717, 1.165) is 5.56 Å². The van der Waals surface area contributed by atoms with Crippen molar-refractivity contribution in [1.82, 2.24) is 9.80 Å². The SMILES string of the molecule is CC(=O)N1CCCC(O)(C(=O)N2Cc3ccccc3C(C)(C)C2)C1. The van der Waals surface area contributed by atoms with Crippen LogP contribution in [0.4, 0.5) is 0 Å². The Labute approximate surface area is 143 Å². The van der Waals surface area contributed by atoms with Crippen LogP contribution in [0.15, 0.2) is 24.3 Å². The Morgan fingerprint density at radius 3 is 2.54 bits per heavy atom. The Balaban J connectivity index is 1.84. The van der Waals surface area contributed by atoms with Crippen LogP contribution in [-0.2, 0) is 21.5 Å². The molecular formula is C19H26N2O3. The van der Waals surface area contributed by atoms with Gasteiger partial charge in [0.25, 0.3) is 5.91 Å². The first-order valence-corrected chi connectivity index (χ1v) is 8.59. The first kappa shape index (κ1) is 17.0. The fourth-order valence-electron chi connectivity index (χ4n) is 4.06. The van der Waals surface area contributed by atoms with E-state index >= 15 is 0 Å². The zero-order chi connectivity index (χ0) is 17.5. The van der Waals surface area contributed by atoms with Crippen LogP contribution >= 0.6 is 0 Å². The van der Waals surface area contributed by atoms with Gasteiger partial charge in [0.1, 0.15) is 0 Å². The summed E-state index contributed by atoms with van der Waals surface area (Å²) in [6.45, 7) is 7.53. The van der Waals surface area contributed by atoms with E-state index in [4.69, 9.17) is 0 Å². The minimum Gasteiger partial charge on any atom is -0.378 e. The van der Waals surface area contributed by atoms with Gasteiger partial charge in [0.05, 0.1) is 6.54 Å². The maximum atomic E-state index is 13.1. The van der Waals surface area contributed by atoms with Gasteiger partial charge in [-0.3, -0.25) is 9.59 Å².